The zero-order valence-electron chi connectivity index (χ0n) is 15.7. The molecule has 2 aromatic rings. The predicted octanol–water partition coefficient (Wildman–Crippen LogP) is 4.10. The number of nitrogens with zero attached hydrogens (tertiary/aromatic N) is 2. The van der Waals surface area contributed by atoms with E-state index in [0.717, 1.165) is 12.8 Å². The highest BCUT2D eigenvalue weighted by Crippen LogP contribution is 2.21. The molecule has 0 aliphatic rings. The van der Waals surface area contributed by atoms with Gasteiger partial charge in [-0.25, -0.2) is 4.98 Å². The molecule has 5 nitrogen and oxygen atoms in total. The van der Waals surface area contributed by atoms with Gasteiger partial charge >= 0.3 is 0 Å². The van der Waals surface area contributed by atoms with Crippen LogP contribution in [0.1, 0.15) is 40.5 Å². The van der Waals surface area contributed by atoms with Gasteiger partial charge in [0, 0.05) is 17.6 Å². The van der Waals surface area contributed by atoms with Crippen molar-refractivity contribution < 1.29 is 4.79 Å². The standard InChI is InChI=1S/C19H26ClN3O2S/c1-5-6-13(4)21-17(24)11-26-19-22-16-8-7-14(20)9-15(16)18(25)23(19)10-12(2)3/h7-9,12-13H,5-6,10-11H2,1-4H3,(H,21,24). The first-order chi connectivity index (χ1) is 12.3. The Bertz CT molecular complexity index is 835. The van der Waals surface area contributed by atoms with Crippen molar-refractivity contribution in [2.45, 2.75) is 58.3 Å². The van der Waals surface area contributed by atoms with Crippen LogP contribution in [0.25, 0.3) is 10.9 Å². The fraction of sp³-hybridized carbons (Fsp3) is 0.526. The van der Waals surface area contributed by atoms with Gasteiger partial charge in [0.25, 0.3) is 5.56 Å². The Morgan fingerprint density at radius 2 is 2.08 bits per heavy atom. The molecule has 0 saturated heterocycles. The van der Waals surface area contributed by atoms with Crippen LogP contribution in [0, 0.1) is 5.92 Å². The van der Waals surface area contributed by atoms with E-state index in [2.05, 4.69) is 17.2 Å². The molecule has 2 rings (SSSR count). The first-order valence-electron chi connectivity index (χ1n) is 8.94. The number of carbonyl (C=O) groups is 1. The van der Waals surface area contributed by atoms with Gasteiger partial charge in [0.2, 0.25) is 5.91 Å². The Balaban J connectivity index is 2.28. The zero-order chi connectivity index (χ0) is 19.3. The van der Waals surface area contributed by atoms with Gasteiger partial charge in [-0.05, 0) is 37.5 Å². The van der Waals surface area contributed by atoms with Crippen molar-refractivity contribution in [1.82, 2.24) is 14.9 Å². The highest BCUT2D eigenvalue weighted by atomic mass is 35.5. The lowest BCUT2D eigenvalue weighted by atomic mass is 10.2. The Hall–Kier alpha value is -1.53. The largest absolute Gasteiger partial charge is 0.353 e. The number of hydrogen-bond donors (Lipinski definition) is 1. The van der Waals surface area contributed by atoms with Crippen molar-refractivity contribution in [1.29, 1.82) is 0 Å². The van der Waals surface area contributed by atoms with Crippen LogP contribution >= 0.6 is 23.4 Å². The van der Waals surface area contributed by atoms with Crippen molar-refractivity contribution >= 4 is 40.2 Å². The molecule has 0 aliphatic heterocycles. The van der Waals surface area contributed by atoms with Crippen LogP contribution in [0.5, 0.6) is 0 Å². The SMILES string of the molecule is CCCC(C)NC(=O)CSc1nc2ccc(Cl)cc2c(=O)n1CC(C)C. The third kappa shape index (κ3) is 5.48. The molecule has 1 amide bonds. The van der Waals surface area contributed by atoms with Gasteiger partial charge in [-0.15, -0.1) is 0 Å². The number of rotatable bonds is 8. The number of carbonyl (C=O) groups excluding carboxylic acids is 1. The Morgan fingerprint density at radius 1 is 1.35 bits per heavy atom. The van der Waals surface area contributed by atoms with E-state index in [1.165, 1.54) is 11.8 Å². The van der Waals surface area contributed by atoms with E-state index in [0.29, 0.717) is 27.6 Å². The molecule has 0 fully saturated rings. The van der Waals surface area contributed by atoms with E-state index >= 15 is 0 Å². The lowest BCUT2D eigenvalue weighted by Crippen LogP contribution is -2.34. The van der Waals surface area contributed by atoms with Crippen molar-refractivity contribution in [2.24, 2.45) is 5.92 Å². The summed E-state index contributed by atoms with van der Waals surface area (Å²) in [6, 6.07) is 5.26. The summed E-state index contributed by atoms with van der Waals surface area (Å²) in [5.74, 6) is 0.471. The number of benzene rings is 1. The lowest BCUT2D eigenvalue weighted by Gasteiger charge is -2.16. The average molecular weight is 396 g/mol. The molecule has 0 spiro atoms. The number of fused-ring (bicyclic) bond motifs is 1. The van der Waals surface area contributed by atoms with Crippen LogP contribution in [0.2, 0.25) is 5.02 Å². The first-order valence-corrected chi connectivity index (χ1v) is 10.3. The van der Waals surface area contributed by atoms with Gasteiger partial charge in [0.1, 0.15) is 0 Å². The quantitative estimate of drug-likeness (QED) is 0.539. The number of amides is 1. The molecular formula is C19H26ClN3O2S. The summed E-state index contributed by atoms with van der Waals surface area (Å²) in [6.07, 6.45) is 1.97. The molecular weight excluding hydrogens is 370 g/mol. The minimum absolute atomic E-state index is 0.0440. The van der Waals surface area contributed by atoms with E-state index in [-0.39, 0.29) is 29.2 Å². The molecule has 1 N–H and O–H groups in total. The third-order valence-corrected chi connectivity index (χ3v) is 5.10. The summed E-state index contributed by atoms with van der Waals surface area (Å²) in [7, 11) is 0. The van der Waals surface area contributed by atoms with Crippen LogP contribution in [0.3, 0.4) is 0 Å². The van der Waals surface area contributed by atoms with Gasteiger partial charge in [-0.1, -0.05) is 50.6 Å². The highest BCUT2D eigenvalue weighted by Gasteiger charge is 2.15. The van der Waals surface area contributed by atoms with Crippen molar-refractivity contribution in [2.75, 3.05) is 5.75 Å². The van der Waals surface area contributed by atoms with Crippen LogP contribution in [-0.4, -0.2) is 27.3 Å². The number of halogens is 1. The van der Waals surface area contributed by atoms with Crippen LogP contribution in [-0.2, 0) is 11.3 Å². The molecule has 1 unspecified atom stereocenters. The maximum Gasteiger partial charge on any atom is 0.262 e. The van der Waals surface area contributed by atoms with E-state index in [9.17, 15) is 9.59 Å². The highest BCUT2D eigenvalue weighted by molar-refractivity contribution is 7.99. The summed E-state index contributed by atoms with van der Waals surface area (Å²) in [5, 5.41) is 4.56. The van der Waals surface area contributed by atoms with Gasteiger partial charge in [0.05, 0.1) is 16.7 Å². The second-order valence-electron chi connectivity index (χ2n) is 6.91. The first kappa shape index (κ1) is 20.8. The molecule has 1 atom stereocenters. The minimum atomic E-state index is -0.117. The molecule has 0 saturated carbocycles. The summed E-state index contributed by atoms with van der Waals surface area (Å²) in [4.78, 5) is 29.7. The molecule has 142 valence electrons. The monoisotopic (exact) mass is 395 g/mol. The van der Waals surface area contributed by atoms with Crippen molar-refractivity contribution in [3.05, 3.63) is 33.6 Å². The molecule has 26 heavy (non-hydrogen) atoms. The smallest absolute Gasteiger partial charge is 0.262 e. The van der Waals surface area contributed by atoms with Crippen molar-refractivity contribution in [3.63, 3.8) is 0 Å². The second kappa shape index (κ2) is 9.42. The van der Waals surface area contributed by atoms with Gasteiger partial charge in [-0.3, -0.25) is 14.2 Å². The average Bonchev–Trinajstić information content (AvgIpc) is 2.56. The van der Waals surface area contributed by atoms with E-state index in [1.54, 1.807) is 22.8 Å². The second-order valence-corrected chi connectivity index (χ2v) is 8.29. The van der Waals surface area contributed by atoms with Crippen LogP contribution < -0.4 is 10.9 Å². The fourth-order valence-corrected chi connectivity index (χ4v) is 3.75. The van der Waals surface area contributed by atoms with Gasteiger partial charge < -0.3 is 5.32 Å². The molecule has 1 aromatic heterocycles. The fourth-order valence-electron chi connectivity index (χ4n) is 2.76. The molecule has 1 aromatic carbocycles. The lowest BCUT2D eigenvalue weighted by molar-refractivity contribution is -0.119. The van der Waals surface area contributed by atoms with Crippen LogP contribution in [0.4, 0.5) is 0 Å². The zero-order valence-corrected chi connectivity index (χ0v) is 17.3. The molecule has 1 heterocycles. The van der Waals surface area contributed by atoms with E-state index < -0.39 is 0 Å². The normalized spacial score (nSPS) is 12.5. The number of nitrogens with one attached hydrogen (secondary N) is 1. The minimum Gasteiger partial charge on any atom is -0.353 e. The van der Waals surface area contributed by atoms with Crippen molar-refractivity contribution in [3.8, 4) is 0 Å². The number of aromatic nitrogens is 2. The Kier molecular flexibility index (Phi) is 7.53. The van der Waals surface area contributed by atoms with Gasteiger partial charge in [-0.2, -0.15) is 0 Å². The summed E-state index contributed by atoms with van der Waals surface area (Å²) in [5.41, 5.74) is 0.482. The van der Waals surface area contributed by atoms with E-state index in [1.807, 2.05) is 20.8 Å². The molecule has 0 radical (unpaired) electrons. The molecule has 0 aliphatic carbocycles. The third-order valence-electron chi connectivity index (χ3n) is 3.89. The predicted molar refractivity (Wildman–Crippen MR) is 109 cm³/mol. The number of thioether (sulfide) groups is 1. The topological polar surface area (TPSA) is 64.0 Å². The summed E-state index contributed by atoms with van der Waals surface area (Å²) < 4.78 is 1.65. The van der Waals surface area contributed by atoms with Gasteiger partial charge in [0.15, 0.2) is 5.16 Å². The summed E-state index contributed by atoms with van der Waals surface area (Å²) >= 11 is 7.33. The van der Waals surface area contributed by atoms with E-state index in [4.69, 9.17) is 11.6 Å². The molecule has 7 heteroatoms. The summed E-state index contributed by atoms with van der Waals surface area (Å²) in [6.45, 7) is 8.72. The maximum absolute atomic E-state index is 12.9. The van der Waals surface area contributed by atoms with Crippen LogP contribution in [0.15, 0.2) is 28.2 Å². The Labute approximate surface area is 163 Å². The number of hydrogen-bond acceptors (Lipinski definition) is 4. The maximum atomic E-state index is 12.9. The molecule has 0 bridgehead atoms. The Morgan fingerprint density at radius 3 is 2.73 bits per heavy atom.